The highest BCUT2D eigenvalue weighted by Crippen LogP contribution is 2.28. The zero-order valence-electron chi connectivity index (χ0n) is 18.6. The van der Waals surface area contributed by atoms with Crippen LogP contribution < -0.4 is 5.32 Å². The molecule has 0 bridgehead atoms. The van der Waals surface area contributed by atoms with Crippen molar-refractivity contribution >= 4 is 22.9 Å². The number of rotatable bonds is 6. The van der Waals surface area contributed by atoms with Crippen LogP contribution in [0.3, 0.4) is 0 Å². The molecule has 4 rings (SSSR count). The number of piperazine rings is 1. The summed E-state index contributed by atoms with van der Waals surface area (Å²) < 4.78 is 5.02. The van der Waals surface area contributed by atoms with Crippen LogP contribution in [0.2, 0.25) is 0 Å². The number of hydrogen-bond acceptors (Lipinski definition) is 4. The summed E-state index contributed by atoms with van der Waals surface area (Å²) in [6.07, 6.45) is 1.90. The molecular formula is C25H30N4O3. The smallest absolute Gasteiger partial charge is 0.329 e. The number of esters is 1. The van der Waals surface area contributed by atoms with Crippen molar-refractivity contribution in [2.45, 2.75) is 25.4 Å². The average molecular weight is 435 g/mol. The SMILES string of the molecule is COC(=O)[C@H](NC(=O)N1CCN(Cc2ccccc2)CC1)[C@@H](C)c1c[nH]c2ccccc12. The van der Waals surface area contributed by atoms with E-state index in [0.717, 1.165) is 36.1 Å². The van der Waals surface area contributed by atoms with Gasteiger partial charge in [-0.15, -0.1) is 0 Å². The minimum absolute atomic E-state index is 0.230. The quantitative estimate of drug-likeness (QED) is 0.584. The number of fused-ring (bicyclic) bond motifs is 1. The summed E-state index contributed by atoms with van der Waals surface area (Å²) in [5.74, 6) is -0.694. The predicted molar refractivity (Wildman–Crippen MR) is 124 cm³/mol. The van der Waals surface area contributed by atoms with Crippen molar-refractivity contribution in [1.82, 2.24) is 20.1 Å². The van der Waals surface area contributed by atoms with E-state index in [9.17, 15) is 9.59 Å². The summed E-state index contributed by atoms with van der Waals surface area (Å²) in [6.45, 7) is 5.64. The number of urea groups is 1. The molecule has 7 heteroatoms. The molecule has 2 heterocycles. The lowest BCUT2D eigenvalue weighted by atomic mass is 9.93. The van der Waals surface area contributed by atoms with Gasteiger partial charge in [-0.1, -0.05) is 55.5 Å². The van der Waals surface area contributed by atoms with E-state index in [4.69, 9.17) is 4.74 Å². The number of para-hydroxylation sites is 1. The highest BCUT2D eigenvalue weighted by molar-refractivity contribution is 5.88. The molecule has 1 fully saturated rings. The second kappa shape index (κ2) is 9.87. The van der Waals surface area contributed by atoms with Gasteiger partial charge in [-0.25, -0.2) is 9.59 Å². The third kappa shape index (κ3) is 4.78. The summed E-state index contributed by atoms with van der Waals surface area (Å²) in [5, 5.41) is 3.97. The molecule has 0 radical (unpaired) electrons. The number of ether oxygens (including phenoxy) is 1. The maximum absolute atomic E-state index is 13.0. The first-order chi connectivity index (χ1) is 15.6. The zero-order chi connectivity index (χ0) is 22.5. The maximum Gasteiger partial charge on any atom is 0.329 e. The first kappa shape index (κ1) is 21.9. The molecule has 168 valence electrons. The van der Waals surface area contributed by atoms with Crippen LogP contribution in [-0.2, 0) is 16.1 Å². The molecule has 7 nitrogen and oxygen atoms in total. The molecule has 1 aliphatic rings. The van der Waals surface area contributed by atoms with E-state index in [1.807, 2.05) is 55.6 Å². The van der Waals surface area contributed by atoms with Crippen molar-refractivity contribution < 1.29 is 14.3 Å². The Bertz CT molecular complexity index is 1060. The van der Waals surface area contributed by atoms with Gasteiger partial charge in [-0.05, 0) is 17.2 Å². The van der Waals surface area contributed by atoms with Crippen LogP contribution in [0.25, 0.3) is 10.9 Å². The highest BCUT2D eigenvalue weighted by Gasteiger charge is 2.32. The van der Waals surface area contributed by atoms with Crippen LogP contribution in [0, 0.1) is 0 Å². The van der Waals surface area contributed by atoms with Crippen LogP contribution in [0.4, 0.5) is 4.79 Å². The highest BCUT2D eigenvalue weighted by atomic mass is 16.5. The standard InChI is InChI=1S/C25H30N4O3/c1-18(21-16-26-22-11-7-6-10-20(21)22)23(24(30)32-2)27-25(31)29-14-12-28(13-15-29)17-19-8-4-3-5-9-19/h3-11,16,18,23,26H,12-15,17H2,1-2H3,(H,27,31)/t18-,23+/m0/s1. The third-order valence-electron chi connectivity index (χ3n) is 6.25. The number of carbonyl (C=O) groups excluding carboxylic acids is 2. The lowest BCUT2D eigenvalue weighted by Gasteiger charge is -2.35. The van der Waals surface area contributed by atoms with E-state index in [1.54, 1.807) is 4.90 Å². The molecule has 2 amide bonds. The number of hydrogen-bond donors (Lipinski definition) is 2. The van der Waals surface area contributed by atoms with E-state index in [2.05, 4.69) is 27.3 Å². The number of nitrogens with zero attached hydrogens (tertiary/aromatic N) is 2. The molecule has 2 atom stereocenters. The Balaban J connectivity index is 1.40. The maximum atomic E-state index is 13.0. The molecule has 2 aromatic carbocycles. The summed E-state index contributed by atoms with van der Waals surface area (Å²) in [5.41, 5.74) is 3.24. The van der Waals surface area contributed by atoms with Gasteiger partial charge < -0.3 is 19.9 Å². The molecule has 0 saturated carbocycles. The summed E-state index contributed by atoms with van der Waals surface area (Å²) in [4.78, 5) is 33.0. The second-order valence-corrected chi connectivity index (χ2v) is 8.28. The van der Waals surface area contributed by atoms with Crippen molar-refractivity contribution in [3.8, 4) is 0 Å². The molecule has 1 saturated heterocycles. The monoisotopic (exact) mass is 434 g/mol. The normalized spacial score (nSPS) is 16.5. The number of benzene rings is 2. The van der Waals surface area contributed by atoms with Crippen molar-refractivity contribution in [2.75, 3.05) is 33.3 Å². The summed E-state index contributed by atoms with van der Waals surface area (Å²) >= 11 is 0. The molecule has 0 unspecified atom stereocenters. The molecule has 1 aliphatic heterocycles. The number of nitrogens with one attached hydrogen (secondary N) is 2. The number of methoxy groups -OCH3 is 1. The minimum Gasteiger partial charge on any atom is -0.467 e. The average Bonchev–Trinajstić information content (AvgIpc) is 3.27. The number of carbonyl (C=O) groups is 2. The van der Waals surface area contributed by atoms with Crippen LogP contribution in [0.1, 0.15) is 24.0 Å². The van der Waals surface area contributed by atoms with Crippen LogP contribution >= 0.6 is 0 Å². The largest absolute Gasteiger partial charge is 0.467 e. The van der Waals surface area contributed by atoms with Gasteiger partial charge in [0, 0.05) is 55.7 Å². The number of amides is 2. The number of aromatic nitrogens is 1. The van der Waals surface area contributed by atoms with E-state index >= 15 is 0 Å². The van der Waals surface area contributed by atoms with Gasteiger partial charge in [-0.3, -0.25) is 4.90 Å². The fourth-order valence-electron chi connectivity index (χ4n) is 4.34. The van der Waals surface area contributed by atoms with Crippen molar-refractivity contribution in [1.29, 1.82) is 0 Å². The molecular weight excluding hydrogens is 404 g/mol. The Morgan fingerprint density at radius 2 is 1.72 bits per heavy atom. The number of aromatic amines is 1. The van der Waals surface area contributed by atoms with Gasteiger partial charge in [0.1, 0.15) is 6.04 Å². The van der Waals surface area contributed by atoms with Gasteiger partial charge in [0.05, 0.1) is 7.11 Å². The molecule has 0 aliphatic carbocycles. The Morgan fingerprint density at radius 3 is 2.44 bits per heavy atom. The Hall–Kier alpha value is -3.32. The van der Waals surface area contributed by atoms with E-state index in [0.29, 0.717) is 13.1 Å². The summed E-state index contributed by atoms with van der Waals surface area (Å²) in [7, 11) is 1.35. The molecule has 32 heavy (non-hydrogen) atoms. The molecule has 3 aromatic rings. The minimum atomic E-state index is -0.769. The van der Waals surface area contributed by atoms with Gasteiger partial charge in [0.2, 0.25) is 0 Å². The lowest BCUT2D eigenvalue weighted by molar-refractivity contribution is -0.143. The van der Waals surface area contributed by atoms with Gasteiger partial charge in [-0.2, -0.15) is 0 Å². The zero-order valence-corrected chi connectivity index (χ0v) is 18.6. The first-order valence-corrected chi connectivity index (χ1v) is 11.0. The van der Waals surface area contributed by atoms with E-state index in [-0.39, 0.29) is 11.9 Å². The Labute approximate surface area is 188 Å². The van der Waals surface area contributed by atoms with E-state index < -0.39 is 12.0 Å². The Kier molecular flexibility index (Phi) is 6.75. The predicted octanol–water partition coefficient (Wildman–Crippen LogP) is 3.34. The fraction of sp³-hybridized carbons (Fsp3) is 0.360. The van der Waals surface area contributed by atoms with Crippen LogP contribution in [0.15, 0.2) is 60.8 Å². The fourth-order valence-corrected chi connectivity index (χ4v) is 4.34. The van der Waals surface area contributed by atoms with Gasteiger partial charge in [0.15, 0.2) is 0 Å². The van der Waals surface area contributed by atoms with Gasteiger partial charge in [0.25, 0.3) is 0 Å². The number of H-pyrrole nitrogens is 1. The van der Waals surface area contributed by atoms with Gasteiger partial charge >= 0.3 is 12.0 Å². The van der Waals surface area contributed by atoms with Crippen molar-refractivity contribution in [3.05, 3.63) is 71.9 Å². The summed E-state index contributed by atoms with van der Waals surface area (Å²) in [6, 6.07) is 17.3. The van der Waals surface area contributed by atoms with E-state index in [1.165, 1.54) is 12.7 Å². The molecule has 1 aromatic heterocycles. The second-order valence-electron chi connectivity index (χ2n) is 8.28. The topological polar surface area (TPSA) is 77.7 Å². The van der Waals surface area contributed by atoms with Crippen molar-refractivity contribution in [2.24, 2.45) is 0 Å². The van der Waals surface area contributed by atoms with Crippen molar-refractivity contribution in [3.63, 3.8) is 0 Å². The lowest BCUT2D eigenvalue weighted by Crippen LogP contribution is -2.55. The third-order valence-corrected chi connectivity index (χ3v) is 6.25. The van der Waals surface area contributed by atoms with Crippen LogP contribution in [0.5, 0.6) is 0 Å². The van der Waals surface area contributed by atoms with Crippen LogP contribution in [-0.4, -0.2) is 66.1 Å². The first-order valence-electron chi connectivity index (χ1n) is 11.0. The molecule has 2 N–H and O–H groups in total. The molecule has 0 spiro atoms. The Morgan fingerprint density at radius 1 is 1.03 bits per heavy atom.